The molecular formula is C24H20N4O2. The number of nitrogens with one attached hydrogen (secondary N) is 1. The maximum atomic E-state index is 12.6. The van der Waals surface area contributed by atoms with E-state index in [0.717, 1.165) is 22.5 Å². The molecule has 0 saturated carbocycles. The number of aromatic nitrogens is 2. The number of nitrogens with zero attached hydrogens (tertiary/aromatic N) is 2. The van der Waals surface area contributed by atoms with Crippen LogP contribution in [0.25, 0.3) is 16.9 Å². The van der Waals surface area contributed by atoms with Crippen LogP contribution < -0.4 is 11.1 Å². The quantitative estimate of drug-likeness (QED) is 0.522. The number of hydrogen-bond acceptors (Lipinski definition) is 3. The molecule has 0 aliphatic heterocycles. The zero-order chi connectivity index (χ0) is 20.9. The van der Waals surface area contributed by atoms with E-state index in [0.29, 0.717) is 11.1 Å². The van der Waals surface area contributed by atoms with Crippen molar-refractivity contribution in [2.24, 2.45) is 5.73 Å². The molecule has 0 spiro atoms. The van der Waals surface area contributed by atoms with E-state index < -0.39 is 5.91 Å². The highest BCUT2D eigenvalue weighted by molar-refractivity contribution is 5.99. The fourth-order valence-electron chi connectivity index (χ4n) is 3.18. The number of rotatable bonds is 6. The maximum absolute atomic E-state index is 12.6. The highest BCUT2D eigenvalue weighted by atomic mass is 16.2. The van der Waals surface area contributed by atoms with Gasteiger partial charge < -0.3 is 11.1 Å². The molecule has 3 N–H and O–H groups in total. The average Bonchev–Trinajstić information content (AvgIpc) is 3.23. The topological polar surface area (TPSA) is 90.0 Å². The summed E-state index contributed by atoms with van der Waals surface area (Å²) in [7, 11) is 0. The van der Waals surface area contributed by atoms with Gasteiger partial charge in [0.15, 0.2) is 0 Å². The fourth-order valence-corrected chi connectivity index (χ4v) is 3.18. The summed E-state index contributed by atoms with van der Waals surface area (Å²) in [4.78, 5) is 24.0. The van der Waals surface area contributed by atoms with Crippen molar-refractivity contribution in [1.82, 2.24) is 15.1 Å². The minimum Gasteiger partial charge on any atom is -0.366 e. The highest BCUT2D eigenvalue weighted by Gasteiger charge is 2.14. The number of para-hydroxylation sites is 1. The normalized spacial score (nSPS) is 10.5. The number of carbonyl (C=O) groups is 2. The van der Waals surface area contributed by atoms with E-state index in [2.05, 4.69) is 5.32 Å². The largest absolute Gasteiger partial charge is 0.366 e. The van der Waals surface area contributed by atoms with Gasteiger partial charge in [0.2, 0.25) is 5.91 Å². The number of carbonyl (C=O) groups excluding carboxylic acids is 2. The molecule has 30 heavy (non-hydrogen) atoms. The summed E-state index contributed by atoms with van der Waals surface area (Å²) in [6.45, 7) is 0.288. The number of primary amides is 1. The first kappa shape index (κ1) is 19.1. The van der Waals surface area contributed by atoms with Crippen molar-refractivity contribution in [3.8, 4) is 16.9 Å². The molecule has 1 aromatic heterocycles. The third kappa shape index (κ3) is 4.12. The van der Waals surface area contributed by atoms with Crippen molar-refractivity contribution in [2.45, 2.75) is 6.54 Å². The van der Waals surface area contributed by atoms with Crippen molar-refractivity contribution in [3.05, 3.63) is 108 Å². The van der Waals surface area contributed by atoms with Crippen LogP contribution in [-0.2, 0) is 6.54 Å². The molecule has 0 saturated heterocycles. The molecule has 0 aliphatic carbocycles. The second-order valence-electron chi connectivity index (χ2n) is 6.78. The zero-order valence-corrected chi connectivity index (χ0v) is 16.2. The van der Waals surface area contributed by atoms with Crippen molar-refractivity contribution >= 4 is 11.8 Å². The molecule has 6 nitrogen and oxygen atoms in total. The molecule has 2 amide bonds. The Bertz CT molecular complexity index is 1180. The van der Waals surface area contributed by atoms with Crippen molar-refractivity contribution in [2.75, 3.05) is 0 Å². The van der Waals surface area contributed by atoms with Crippen LogP contribution in [-0.4, -0.2) is 21.6 Å². The smallest absolute Gasteiger partial charge is 0.251 e. The van der Waals surface area contributed by atoms with Crippen molar-refractivity contribution in [3.63, 3.8) is 0 Å². The van der Waals surface area contributed by atoms with Gasteiger partial charge in [0, 0.05) is 35.0 Å². The third-order valence-electron chi connectivity index (χ3n) is 4.71. The summed E-state index contributed by atoms with van der Waals surface area (Å²) in [5.74, 6) is -0.857. The SMILES string of the molecule is NC(=O)c1cccc(C(=O)NCc2cn(-c3ccccc3)nc2-c2ccccc2)c1. The Morgan fingerprint density at radius 3 is 2.23 bits per heavy atom. The van der Waals surface area contributed by atoms with Gasteiger partial charge in [-0.3, -0.25) is 9.59 Å². The van der Waals surface area contributed by atoms with Crippen LogP contribution in [0.5, 0.6) is 0 Å². The fraction of sp³-hybridized carbons (Fsp3) is 0.0417. The van der Waals surface area contributed by atoms with Gasteiger partial charge in [0.1, 0.15) is 0 Å². The lowest BCUT2D eigenvalue weighted by Crippen LogP contribution is -2.23. The molecule has 0 fully saturated rings. The molecule has 0 bridgehead atoms. The van der Waals surface area contributed by atoms with Gasteiger partial charge in [-0.15, -0.1) is 0 Å². The van der Waals surface area contributed by atoms with E-state index in [1.54, 1.807) is 22.9 Å². The lowest BCUT2D eigenvalue weighted by molar-refractivity contribution is 0.0951. The van der Waals surface area contributed by atoms with E-state index in [1.165, 1.54) is 6.07 Å². The third-order valence-corrected chi connectivity index (χ3v) is 4.71. The van der Waals surface area contributed by atoms with Gasteiger partial charge >= 0.3 is 0 Å². The Balaban J connectivity index is 1.61. The first-order valence-corrected chi connectivity index (χ1v) is 9.49. The maximum Gasteiger partial charge on any atom is 0.251 e. The minimum absolute atomic E-state index is 0.287. The molecule has 4 rings (SSSR count). The molecule has 3 aromatic carbocycles. The van der Waals surface area contributed by atoms with Crippen LogP contribution in [0.15, 0.2) is 91.1 Å². The monoisotopic (exact) mass is 396 g/mol. The van der Waals surface area contributed by atoms with E-state index in [9.17, 15) is 9.59 Å². The van der Waals surface area contributed by atoms with E-state index in [1.807, 2.05) is 66.9 Å². The van der Waals surface area contributed by atoms with Crippen LogP contribution in [0.2, 0.25) is 0 Å². The number of hydrogen-bond donors (Lipinski definition) is 2. The summed E-state index contributed by atoms with van der Waals surface area (Å²) >= 11 is 0. The molecular weight excluding hydrogens is 376 g/mol. The second-order valence-corrected chi connectivity index (χ2v) is 6.78. The highest BCUT2D eigenvalue weighted by Crippen LogP contribution is 2.23. The Morgan fingerprint density at radius 2 is 1.53 bits per heavy atom. The summed E-state index contributed by atoms with van der Waals surface area (Å²) in [6, 6.07) is 26.0. The summed E-state index contributed by atoms with van der Waals surface area (Å²) in [5.41, 5.74) is 9.55. The van der Waals surface area contributed by atoms with Crippen LogP contribution in [0.3, 0.4) is 0 Å². The van der Waals surface area contributed by atoms with Crippen LogP contribution in [0.4, 0.5) is 0 Å². The molecule has 0 unspecified atom stereocenters. The minimum atomic E-state index is -0.569. The van der Waals surface area contributed by atoms with Crippen LogP contribution in [0, 0.1) is 0 Å². The predicted octanol–water partition coefficient (Wildman–Crippen LogP) is 3.57. The van der Waals surface area contributed by atoms with Gasteiger partial charge in [0.05, 0.1) is 11.4 Å². The first-order valence-electron chi connectivity index (χ1n) is 9.49. The van der Waals surface area contributed by atoms with Gasteiger partial charge in [-0.25, -0.2) is 4.68 Å². The van der Waals surface area contributed by atoms with Crippen LogP contribution in [0.1, 0.15) is 26.3 Å². The molecule has 0 atom stereocenters. The Kier molecular flexibility index (Phi) is 5.39. The van der Waals surface area contributed by atoms with Gasteiger partial charge in [-0.1, -0.05) is 54.6 Å². The van der Waals surface area contributed by atoms with Crippen LogP contribution >= 0.6 is 0 Å². The van der Waals surface area contributed by atoms with E-state index in [-0.39, 0.29) is 12.5 Å². The molecule has 0 aliphatic rings. The summed E-state index contributed by atoms with van der Waals surface area (Å²) in [6.07, 6.45) is 1.91. The Morgan fingerprint density at radius 1 is 0.867 bits per heavy atom. The molecule has 6 heteroatoms. The number of amides is 2. The standard InChI is InChI=1S/C24H20N4O2/c25-23(29)18-10-7-11-19(14-18)24(30)26-15-20-16-28(21-12-5-2-6-13-21)27-22(20)17-8-3-1-4-9-17/h1-14,16H,15H2,(H2,25,29)(H,26,30). The lowest BCUT2D eigenvalue weighted by atomic mass is 10.1. The number of nitrogens with two attached hydrogens (primary N) is 1. The molecule has 1 heterocycles. The van der Waals surface area contributed by atoms with Crippen molar-refractivity contribution in [1.29, 1.82) is 0 Å². The number of benzene rings is 3. The van der Waals surface area contributed by atoms with Crippen molar-refractivity contribution < 1.29 is 9.59 Å². The lowest BCUT2D eigenvalue weighted by Gasteiger charge is -2.06. The summed E-state index contributed by atoms with van der Waals surface area (Å²) in [5, 5.41) is 7.65. The molecule has 4 aromatic rings. The van der Waals surface area contributed by atoms with E-state index >= 15 is 0 Å². The summed E-state index contributed by atoms with van der Waals surface area (Å²) < 4.78 is 1.80. The predicted molar refractivity (Wildman–Crippen MR) is 115 cm³/mol. The first-order chi connectivity index (χ1) is 14.6. The average molecular weight is 396 g/mol. The van der Waals surface area contributed by atoms with Gasteiger partial charge in [-0.05, 0) is 30.3 Å². The zero-order valence-electron chi connectivity index (χ0n) is 16.2. The van der Waals surface area contributed by atoms with E-state index in [4.69, 9.17) is 10.8 Å². The van der Waals surface area contributed by atoms with Gasteiger partial charge in [-0.2, -0.15) is 5.10 Å². The second kappa shape index (κ2) is 8.45. The Labute approximate surface area is 174 Å². The Hall–Kier alpha value is -4.19. The van der Waals surface area contributed by atoms with Gasteiger partial charge in [0.25, 0.3) is 5.91 Å². The molecule has 0 radical (unpaired) electrons. The molecule has 148 valence electrons.